The van der Waals surface area contributed by atoms with Crippen LogP contribution >= 0.6 is 15.9 Å². The molecule has 1 fully saturated rings. The van der Waals surface area contributed by atoms with Gasteiger partial charge >= 0.3 is 0 Å². The van der Waals surface area contributed by atoms with E-state index in [0.29, 0.717) is 5.92 Å². The summed E-state index contributed by atoms with van der Waals surface area (Å²) in [7, 11) is 0. The predicted molar refractivity (Wildman–Crippen MR) is 73.4 cm³/mol. The lowest BCUT2D eigenvalue weighted by atomic mass is 9.99. The van der Waals surface area contributed by atoms with E-state index < -0.39 is 0 Å². The van der Waals surface area contributed by atoms with Gasteiger partial charge in [0.15, 0.2) is 0 Å². The van der Waals surface area contributed by atoms with Crippen molar-refractivity contribution in [1.29, 1.82) is 0 Å². The van der Waals surface area contributed by atoms with Crippen molar-refractivity contribution < 1.29 is 0 Å². The van der Waals surface area contributed by atoms with Gasteiger partial charge in [-0.05, 0) is 44.0 Å². The minimum atomic E-state index is 0.536. The second-order valence-corrected chi connectivity index (χ2v) is 5.70. The van der Waals surface area contributed by atoms with Crippen LogP contribution in [-0.4, -0.2) is 23.1 Å². The number of piperidine rings is 1. The van der Waals surface area contributed by atoms with Crippen molar-refractivity contribution in [3.05, 3.63) is 28.0 Å². The van der Waals surface area contributed by atoms with Crippen molar-refractivity contribution >= 4 is 27.0 Å². The Labute approximate surface area is 109 Å². The molecule has 0 saturated carbocycles. The second kappa shape index (κ2) is 4.42. The topological polar surface area (TPSA) is 40.7 Å². The molecular formula is C13H16BrN3. The Morgan fingerprint density at radius 3 is 3.06 bits per heavy atom. The average molecular weight is 294 g/mol. The number of imidazole rings is 1. The monoisotopic (exact) mass is 293 g/mol. The van der Waals surface area contributed by atoms with Crippen LogP contribution in [0.5, 0.6) is 0 Å². The summed E-state index contributed by atoms with van der Waals surface area (Å²) in [5.41, 5.74) is 3.46. The van der Waals surface area contributed by atoms with Crippen LogP contribution in [0, 0.1) is 6.92 Å². The summed E-state index contributed by atoms with van der Waals surface area (Å²) in [5, 5.41) is 3.43. The SMILES string of the molecule is Cc1cc(Br)cc2[nH]c(C3CCCNC3)nc12. The van der Waals surface area contributed by atoms with Gasteiger partial charge in [-0.3, -0.25) is 0 Å². The van der Waals surface area contributed by atoms with Crippen molar-refractivity contribution in [3.63, 3.8) is 0 Å². The molecule has 2 heterocycles. The minimum Gasteiger partial charge on any atom is -0.342 e. The molecule has 1 saturated heterocycles. The molecule has 90 valence electrons. The second-order valence-electron chi connectivity index (χ2n) is 4.78. The third-order valence-electron chi connectivity index (χ3n) is 3.44. The molecule has 2 N–H and O–H groups in total. The average Bonchev–Trinajstić information content (AvgIpc) is 2.74. The molecule has 3 rings (SSSR count). The van der Waals surface area contributed by atoms with E-state index in [0.717, 1.165) is 34.4 Å². The summed E-state index contributed by atoms with van der Waals surface area (Å²) in [6.07, 6.45) is 2.47. The molecular weight excluding hydrogens is 278 g/mol. The fraction of sp³-hybridized carbons (Fsp3) is 0.462. The van der Waals surface area contributed by atoms with Crippen molar-refractivity contribution in [3.8, 4) is 0 Å². The van der Waals surface area contributed by atoms with E-state index in [4.69, 9.17) is 4.98 Å². The molecule has 0 aliphatic carbocycles. The Bertz CT molecular complexity index is 541. The number of nitrogens with one attached hydrogen (secondary N) is 2. The van der Waals surface area contributed by atoms with Crippen molar-refractivity contribution in [2.75, 3.05) is 13.1 Å². The molecule has 3 nitrogen and oxygen atoms in total. The summed E-state index contributed by atoms with van der Waals surface area (Å²) in [6, 6.07) is 4.22. The minimum absolute atomic E-state index is 0.536. The summed E-state index contributed by atoms with van der Waals surface area (Å²) in [6.45, 7) is 4.29. The van der Waals surface area contributed by atoms with Gasteiger partial charge in [-0.25, -0.2) is 4.98 Å². The van der Waals surface area contributed by atoms with Crippen LogP contribution in [0.25, 0.3) is 11.0 Å². The van der Waals surface area contributed by atoms with E-state index in [1.54, 1.807) is 0 Å². The lowest BCUT2D eigenvalue weighted by Gasteiger charge is -2.20. The molecule has 0 radical (unpaired) electrons. The standard InChI is InChI=1S/C13H16BrN3/c1-8-5-10(14)6-11-12(8)17-13(16-11)9-3-2-4-15-7-9/h5-6,9,15H,2-4,7H2,1H3,(H,16,17). The number of nitrogens with zero attached hydrogens (tertiary/aromatic N) is 1. The number of aromatic amines is 1. The number of halogens is 1. The fourth-order valence-corrected chi connectivity index (χ4v) is 3.12. The highest BCUT2D eigenvalue weighted by Crippen LogP contribution is 2.27. The van der Waals surface area contributed by atoms with Crippen molar-refractivity contribution in [2.45, 2.75) is 25.7 Å². The van der Waals surface area contributed by atoms with Crippen LogP contribution in [0.3, 0.4) is 0 Å². The molecule has 1 aromatic heterocycles. The van der Waals surface area contributed by atoms with Crippen LogP contribution in [0.15, 0.2) is 16.6 Å². The Morgan fingerprint density at radius 1 is 1.41 bits per heavy atom. The van der Waals surface area contributed by atoms with Gasteiger partial charge < -0.3 is 10.3 Å². The molecule has 4 heteroatoms. The molecule has 0 bridgehead atoms. The van der Waals surface area contributed by atoms with Gasteiger partial charge in [-0.15, -0.1) is 0 Å². The zero-order valence-electron chi connectivity index (χ0n) is 9.89. The summed E-state index contributed by atoms with van der Waals surface area (Å²) < 4.78 is 1.11. The molecule has 1 atom stereocenters. The van der Waals surface area contributed by atoms with E-state index >= 15 is 0 Å². The molecule has 2 aromatic rings. The molecule has 1 aliphatic heterocycles. The number of aryl methyl sites for hydroxylation is 1. The zero-order valence-corrected chi connectivity index (χ0v) is 11.5. The Morgan fingerprint density at radius 2 is 2.29 bits per heavy atom. The van der Waals surface area contributed by atoms with Gasteiger partial charge in [0.1, 0.15) is 5.82 Å². The van der Waals surface area contributed by atoms with E-state index in [9.17, 15) is 0 Å². The van der Waals surface area contributed by atoms with E-state index in [2.05, 4.69) is 45.3 Å². The Balaban J connectivity index is 2.03. The van der Waals surface area contributed by atoms with Crippen LogP contribution in [0.1, 0.15) is 30.1 Å². The smallest absolute Gasteiger partial charge is 0.111 e. The van der Waals surface area contributed by atoms with Crippen LogP contribution in [0.4, 0.5) is 0 Å². The largest absolute Gasteiger partial charge is 0.342 e. The predicted octanol–water partition coefficient (Wildman–Crippen LogP) is 3.10. The first kappa shape index (κ1) is 11.2. The Kier molecular flexibility index (Phi) is 2.92. The Hall–Kier alpha value is -0.870. The molecule has 0 spiro atoms. The van der Waals surface area contributed by atoms with Crippen LogP contribution in [-0.2, 0) is 0 Å². The first-order valence-electron chi connectivity index (χ1n) is 6.10. The molecule has 1 aromatic carbocycles. The number of hydrogen-bond acceptors (Lipinski definition) is 2. The van der Waals surface area contributed by atoms with Gasteiger partial charge in [-0.2, -0.15) is 0 Å². The van der Waals surface area contributed by atoms with Gasteiger partial charge in [0, 0.05) is 16.9 Å². The van der Waals surface area contributed by atoms with Gasteiger partial charge in [0.05, 0.1) is 11.0 Å². The molecule has 0 amide bonds. The van der Waals surface area contributed by atoms with Gasteiger partial charge in [-0.1, -0.05) is 15.9 Å². The van der Waals surface area contributed by atoms with E-state index in [1.807, 2.05) is 0 Å². The lowest BCUT2D eigenvalue weighted by molar-refractivity contribution is 0.449. The number of benzene rings is 1. The molecule has 17 heavy (non-hydrogen) atoms. The molecule has 1 aliphatic rings. The van der Waals surface area contributed by atoms with Crippen molar-refractivity contribution in [2.24, 2.45) is 0 Å². The first-order chi connectivity index (χ1) is 8.24. The highest BCUT2D eigenvalue weighted by molar-refractivity contribution is 9.10. The van der Waals surface area contributed by atoms with E-state index in [-0.39, 0.29) is 0 Å². The number of hydrogen-bond donors (Lipinski definition) is 2. The van der Waals surface area contributed by atoms with Gasteiger partial charge in [0.25, 0.3) is 0 Å². The highest BCUT2D eigenvalue weighted by atomic mass is 79.9. The number of H-pyrrole nitrogens is 1. The maximum absolute atomic E-state index is 4.76. The summed E-state index contributed by atoms with van der Waals surface area (Å²) in [4.78, 5) is 8.23. The normalized spacial score (nSPS) is 20.9. The van der Waals surface area contributed by atoms with Crippen LogP contribution in [0.2, 0.25) is 0 Å². The zero-order chi connectivity index (χ0) is 11.8. The van der Waals surface area contributed by atoms with Crippen LogP contribution < -0.4 is 5.32 Å². The van der Waals surface area contributed by atoms with E-state index in [1.165, 1.54) is 18.4 Å². The summed E-state index contributed by atoms with van der Waals surface area (Å²) in [5.74, 6) is 1.67. The summed E-state index contributed by atoms with van der Waals surface area (Å²) >= 11 is 3.53. The fourth-order valence-electron chi connectivity index (χ4n) is 2.54. The highest BCUT2D eigenvalue weighted by Gasteiger charge is 2.19. The maximum atomic E-state index is 4.76. The maximum Gasteiger partial charge on any atom is 0.111 e. The number of fused-ring (bicyclic) bond motifs is 1. The third kappa shape index (κ3) is 2.11. The lowest BCUT2D eigenvalue weighted by Crippen LogP contribution is -2.28. The third-order valence-corrected chi connectivity index (χ3v) is 3.90. The quantitative estimate of drug-likeness (QED) is 0.848. The molecule has 1 unspecified atom stereocenters. The number of aromatic nitrogens is 2. The van der Waals surface area contributed by atoms with Gasteiger partial charge in [0.2, 0.25) is 0 Å². The van der Waals surface area contributed by atoms with Crippen molar-refractivity contribution in [1.82, 2.24) is 15.3 Å². The number of rotatable bonds is 1. The first-order valence-corrected chi connectivity index (χ1v) is 6.90.